The molecule has 3 rings (SSSR count). The average Bonchev–Trinajstić information content (AvgIpc) is 3.37. The number of likely N-dealkylation sites (tertiary alicyclic amines) is 1. The Hall–Kier alpha value is -2.97. The van der Waals surface area contributed by atoms with Crippen molar-refractivity contribution < 1.29 is 28.3 Å². The van der Waals surface area contributed by atoms with E-state index in [0.29, 0.717) is 12.2 Å². The van der Waals surface area contributed by atoms with Gasteiger partial charge in [-0.05, 0) is 37.1 Å². The summed E-state index contributed by atoms with van der Waals surface area (Å²) in [5.41, 5.74) is 0.409. The van der Waals surface area contributed by atoms with Gasteiger partial charge in [0.2, 0.25) is 11.8 Å². The first-order chi connectivity index (χ1) is 14.3. The van der Waals surface area contributed by atoms with Crippen LogP contribution in [-0.4, -0.2) is 66.3 Å². The summed E-state index contributed by atoms with van der Waals surface area (Å²) in [7, 11) is 1.42. The van der Waals surface area contributed by atoms with Crippen LogP contribution >= 0.6 is 0 Å². The minimum atomic E-state index is -0.568. The number of rotatable bonds is 7. The molecule has 30 heavy (non-hydrogen) atoms. The van der Waals surface area contributed by atoms with Crippen LogP contribution in [-0.2, 0) is 23.9 Å². The Labute approximate surface area is 174 Å². The van der Waals surface area contributed by atoms with Crippen molar-refractivity contribution in [3.05, 3.63) is 30.1 Å². The molecule has 1 aliphatic heterocycles. The Kier molecular flexibility index (Phi) is 7.02. The Balaban J connectivity index is 1.40. The molecule has 0 spiro atoms. The second kappa shape index (κ2) is 9.69. The first kappa shape index (κ1) is 21.7. The number of ether oxygens (including phenoxy) is 1. The van der Waals surface area contributed by atoms with Gasteiger partial charge in [0.15, 0.2) is 6.61 Å². The second-order valence-corrected chi connectivity index (χ2v) is 7.80. The van der Waals surface area contributed by atoms with Crippen molar-refractivity contribution in [1.82, 2.24) is 9.80 Å². The molecule has 1 saturated carbocycles. The van der Waals surface area contributed by atoms with Gasteiger partial charge >= 0.3 is 5.97 Å². The quantitative estimate of drug-likeness (QED) is 0.677. The van der Waals surface area contributed by atoms with E-state index in [2.05, 4.69) is 5.32 Å². The molecule has 9 heteroatoms. The molecule has 0 radical (unpaired) electrons. The molecule has 1 aromatic rings. The normalized spacial score (nSPS) is 19.1. The number of esters is 1. The number of benzene rings is 1. The zero-order chi connectivity index (χ0) is 21.7. The SMILES string of the molecule is CN(CC(=O)Nc1ccc(F)cc1)C(=O)COC(=O)[C@@H]1CC(=O)N(C2CCCC2)C1. The Morgan fingerprint density at radius 2 is 1.87 bits per heavy atom. The van der Waals surface area contributed by atoms with Gasteiger partial charge in [0.25, 0.3) is 5.91 Å². The lowest BCUT2D eigenvalue weighted by Gasteiger charge is -2.23. The van der Waals surface area contributed by atoms with Gasteiger partial charge in [-0.1, -0.05) is 12.8 Å². The van der Waals surface area contributed by atoms with E-state index < -0.39 is 36.1 Å². The molecule has 1 aliphatic carbocycles. The predicted octanol–water partition coefficient (Wildman–Crippen LogP) is 1.56. The Morgan fingerprint density at radius 3 is 2.53 bits per heavy atom. The summed E-state index contributed by atoms with van der Waals surface area (Å²) in [5, 5.41) is 2.55. The van der Waals surface area contributed by atoms with E-state index in [1.807, 2.05) is 0 Å². The highest BCUT2D eigenvalue weighted by Crippen LogP contribution is 2.29. The lowest BCUT2D eigenvalue weighted by Crippen LogP contribution is -2.38. The number of amides is 3. The van der Waals surface area contributed by atoms with Crippen LogP contribution in [0, 0.1) is 11.7 Å². The van der Waals surface area contributed by atoms with Crippen LogP contribution in [0.4, 0.5) is 10.1 Å². The van der Waals surface area contributed by atoms with Gasteiger partial charge in [-0.3, -0.25) is 19.2 Å². The molecule has 2 fully saturated rings. The summed E-state index contributed by atoms with van der Waals surface area (Å²) >= 11 is 0. The van der Waals surface area contributed by atoms with E-state index in [0.717, 1.165) is 30.6 Å². The number of nitrogens with one attached hydrogen (secondary N) is 1. The molecular weight excluding hydrogens is 393 g/mol. The van der Waals surface area contributed by atoms with E-state index in [1.54, 1.807) is 4.90 Å². The fraction of sp³-hybridized carbons (Fsp3) is 0.524. The largest absolute Gasteiger partial charge is 0.455 e. The number of hydrogen-bond donors (Lipinski definition) is 1. The van der Waals surface area contributed by atoms with Gasteiger partial charge in [0.1, 0.15) is 5.82 Å². The fourth-order valence-corrected chi connectivity index (χ4v) is 3.86. The van der Waals surface area contributed by atoms with E-state index in [-0.39, 0.29) is 24.9 Å². The molecule has 1 aromatic carbocycles. The van der Waals surface area contributed by atoms with Crippen LogP contribution in [0.3, 0.4) is 0 Å². The lowest BCUT2D eigenvalue weighted by molar-refractivity contribution is -0.155. The number of halogens is 1. The number of carbonyl (C=O) groups is 4. The van der Waals surface area contributed by atoms with Crippen molar-refractivity contribution in [2.75, 3.05) is 32.1 Å². The third kappa shape index (κ3) is 5.55. The van der Waals surface area contributed by atoms with Gasteiger partial charge < -0.3 is 19.9 Å². The monoisotopic (exact) mass is 419 g/mol. The third-order valence-electron chi connectivity index (χ3n) is 5.53. The van der Waals surface area contributed by atoms with Crippen molar-refractivity contribution >= 4 is 29.4 Å². The lowest BCUT2D eigenvalue weighted by atomic mass is 10.1. The zero-order valence-electron chi connectivity index (χ0n) is 16.9. The summed E-state index contributed by atoms with van der Waals surface area (Å²) in [6.07, 6.45) is 4.24. The molecule has 0 bridgehead atoms. The Morgan fingerprint density at radius 1 is 1.20 bits per heavy atom. The fourth-order valence-electron chi connectivity index (χ4n) is 3.86. The van der Waals surface area contributed by atoms with E-state index in [1.165, 1.54) is 31.3 Å². The summed E-state index contributed by atoms with van der Waals surface area (Å²) in [6, 6.07) is 5.46. The number of likely N-dealkylation sites (N-methyl/N-ethyl adjacent to an activating group) is 1. The van der Waals surface area contributed by atoms with Crippen LogP contribution in [0.2, 0.25) is 0 Å². The van der Waals surface area contributed by atoms with Gasteiger partial charge in [0.05, 0.1) is 12.5 Å². The Bertz CT molecular complexity index is 807. The van der Waals surface area contributed by atoms with Crippen molar-refractivity contribution in [2.24, 2.45) is 5.92 Å². The van der Waals surface area contributed by atoms with E-state index in [9.17, 15) is 23.6 Å². The molecule has 8 nitrogen and oxygen atoms in total. The first-order valence-electron chi connectivity index (χ1n) is 10.1. The zero-order valence-corrected chi connectivity index (χ0v) is 16.9. The number of carbonyl (C=O) groups excluding carboxylic acids is 4. The van der Waals surface area contributed by atoms with Gasteiger partial charge in [-0.15, -0.1) is 0 Å². The number of anilines is 1. The second-order valence-electron chi connectivity index (χ2n) is 7.80. The van der Waals surface area contributed by atoms with Crippen molar-refractivity contribution in [3.8, 4) is 0 Å². The molecule has 1 heterocycles. The maximum Gasteiger partial charge on any atom is 0.311 e. The summed E-state index contributed by atoms with van der Waals surface area (Å²) < 4.78 is 18.0. The molecule has 0 unspecified atom stereocenters. The highest BCUT2D eigenvalue weighted by Gasteiger charge is 2.39. The van der Waals surface area contributed by atoms with Gasteiger partial charge in [0, 0.05) is 31.7 Å². The molecule has 2 aliphatic rings. The van der Waals surface area contributed by atoms with Gasteiger partial charge in [-0.2, -0.15) is 0 Å². The summed E-state index contributed by atoms with van der Waals surface area (Å²) in [5.74, 6) is -2.58. The third-order valence-corrected chi connectivity index (χ3v) is 5.53. The standard InChI is InChI=1S/C21H26FN3O5/c1-24(12-18(26)23-16-8-6-15(22)7-9-16)20(28)13-30-21(29)14-10-19(27)25(11-14)17-4-2-3-5-17/h6-9,14,17H,2-5,10-13H2,1H3,(H,23,26)/t14-/m1/s1. The first-order valence-corrected chi connectivity index (χ1v) is 10.1. The maximum absolute atomic E-state index is 12.9. The van der Waals surface area contributed by atoms with E-state index in [4.69, 9.17) is 4.74 Å². The van der Waals surface area contributed by atoms with Crippen molar-refractivity contribution in [1.29, 1.82) is 0 Å². The summed E-state index contributed by atoms with van der Waals surface area (Å²) in [4.78, 5) is 51.6. The molecule has 1 atom stereocenters. The van der Waals surface area contributed by atoms with Crippen molar-refractivity contribution in [2.45, 2.75) is 38.1 Å². The number of nitrogens with zero attached hydrogens (tertiary/aromatic N) is 2. The molecular formula is C21H26FN3O5. The molecule has 0 aromatic heterocycles. The minimum Gasteiger partial charge on any atom is -0.455 e. The van der Waals surface area contributed by atoms with Gasteiger partial charge in [-0.25, -0.2) is 4.39 Å². The van der Waals surface area contributed by atoms with E-state index >= 15 is 0 Å². The van der Waals surface area contributed by atoms with Crippen LogP contribution in [0.1, 0.15) is 32.1 Å². The number of hydrogen-bond acceptors (Lipinski definition) is 5. The maximum atomic E-state index is 12.9. The smallest absolute Gasteiger partial charge is 0.311 e. The molecule has 1 saturated heterocycles. The summed E-state index contributed by atoms with van der Waals surface area (Å²) in [6.45, 7) is -0.398. The molecule has 1 N–H and O–H groups in total. The predicted molar refractivity (Wildman–Crippen MR) is 106 cm³/mol. The van der Waals surface area contributed by atoms with Crippen LogP contribution < -0.4 is 5.32 Å². The van der Waals surface area contributed by atoms with Crippen LogP contribution in [0.5, 0.6) is 0 Å². The van der Waals surface area contributed by atoms with Crippen LogP contribution in [0.25, 0.3) is 0 Å². The minimum absolute atomic E-state index is 0.0373. The molecule has 3 amide bonds. The topological polar surface area (TPSA) is 96.0 Å². The highest BCUT2D eigenvalue weighted by molar-refractivity contribution is 5.95. The van der Waals surface area contributed by atoms with Crippen LogP contribution in [0.15, 0.2) is 24.3 Å². The average molecular weight is 419 g/mol. The highest BCUT2D eigenvalue weighted by atomic mass is 19.1. The van der Waals surface area contributed by atoms with Crippen molar-refractivity contribution in [3.63, 3.8) is 0 Å². The molecule has 162 valence electrons.